The van der Waals surface area contributed by atoms with Crippen molar-refractivity contribution in [2.45, 2.75) is 93.9 Å². The molecule has 4 aromatic rings. The number of rotatable bonds is 10. The molecule has 4 rings (SSSR count). The van der Waals surface area contributed by atoms with Gasteiger partial charge in [-0.15, -0.1) is 0 Å². The van der Waals surface area contributed by atoms with Crippen LogP contribution in [0.3, 0.4) is 0 Å². The molecule has 0 aromatic heterocycles. The summed E-state index contributed by atoms with van der Waals surface area (Å²) in [5, 5.41) is 41.9. The number of phenolic OH excluding ortho intramolecular Hbond substituents is 2. The molecule has 2 N–H and O–H groups in total. The topological polar surface area (TPSA) is 145 Å². The standard InChI is InChI=1S/C38H46N2O2.2C2H4O2.Co/c1-23(2)15-27-17-30(37(41)32(19-27)25(5)6)21-39-34-13-9-11-29-12-10-14-35(36(29)34)40-22-31-18-28(16-24(3)4)20-33(26(7)8)38(31)42;2*1-2(3)4;/h9-14,17-26,41-42H,15-16H2,1-8H3;2*1H3,(H,3,4);/q;;;+2/p-2. The Bertz CT molecular complexity index is 1690. The summed E-state index contributed by atoms with van der Waals surface area (Å²) < 4.78 is 0. The summed E-state index contributed by atoms with van der Waals surface area (Å²) in [6.07, 6.45) is 5.43. The third kappa shape index (κ3) is 14.4. The number of nitrogens with zero attached hydrogens (tertiary/aromatic N) is 2. The van der Waals surface area contributed by atoms with E-state index in [-0.39, 0.29) is 40.1 Å². The van der Waals surface area contributed by atoms with Crippen LogP contribution in [0.15, 0.2) is 70.6 Å². The Balaban J connectivity index is 0.00000131. The number of benzene rings is 4. The molecule has 0 unspecified atom stereocenters. The zero-order valence-corrected chi connectivity index (χ0v) is 32.4. The van der Waals surface area contributed by atoms with Crippen LogP contribution in [0.5, 0.6) is 11.5 Å². The predicted molar refractivity (Wildman–Crippen MR) is 201 cm³/mol. The van der Waals surface area contributed by atoms with Gasteiger partial charge in [0, 0.05) is 40.9 Å². The first-order valence-electron chi connectivity index (χ1n) is 17.1. The summed E-state index contributed by atoms with van der Waals surface area (Å²) in [5.41, 5.74) is 7.30. The number of carbonyl (C=O) groups is 2. The normalized spacial score (nSPS) is 11.2. The second-order valence-electron chi connectivity index (χ2n) is 13.9. The van der Waals surface area contributed by atoms with E-state index >= 15 is 0 Å². The summed E-state index contributed by atoms with van der Waals surface area (Å²) >= 11 is 0. The molecular weight excluding hydrogens is 687 g/mol. The van der Waals surface area contributed by atoms with Crippen molar-refractivity contribution in [3.8, 4) is 11.5 Å². The molecule has 1 radical (unpaired) electrons. The minimum Gasteiger partial charge on any atom is -0.550 e. The van der Waals surface area contributed by atoms with Crippen LogP contribution in [0.4, 0.5) is 11.4 Å². The minimum atomic E-state index is -1.08. The van der Waals surface area contributed by atoms with Crippen molar-refractivity contribution >= 4 is 46.5 Å². The minimum absolute atomic E-state index is 0. The number of aliphatic carboxylic acids is 2. The number of carboxylic acids is 2. The van der Waals surface area contributed by atoms with Gasteiger partial charge in [-0.2, -0.15) is 0 Å². The van der Waals surface area contributed by atoms with Crippen molar-refractivity contribution in [3.63, 3.8) is 0 Å². The molecule has 0 saturated carbocycles. The number of aromatic hydroxyl groups is 2. The van der Waals surface area contributed by atoms with E-state index in [9.17, 15) is 10.2 Å². The van der Waals surface area contributed by atoms with E-state index in [1.54, 1.807) is 12.4 Å². The van der Waals surface area contributed by atoms with Gasteiger partial charge in [0.2, 0.25) is 0 Å². The fourth-order valence-corrected chi connectivity index (χ4v) is 5.54. The summed E-state index contributed by atoms with van der Waals surface area (Å²) in [4.78, 5) is 27.6. The molecule has 0 heterocycles. The third-order valence-corrected chi connectivity index (χ3v) is 7.54. The van der Waals surface area contributed by atoms with E-state index in [0.29, 0.717) is 11.8 Å². The molecule has 275 valence electrons. The Kier molecular flexibility index (Phi) is 18.4. The van der Waals surface area contributed by atoms with E-state index < -0.39 is 11.9 Å². The average molecular weight is 740 g/mol. The van der Waals surface area contributed by atoms with Gasteiger partial charge in [-0.1, -0.05) is 91.8 Å². The van der Waals surface area contributed by atoms with Crippen LogP contribution in [0.1, 0.15) is 114 Å². The van der Waals surface area contributed by atoms with Crippen molar-refractivity contribution in [1.82, 2.24) is 0 Å². The maximum absolute atomic E-state index is 11.1. The van der Waals surface area contributed by atoms with Crippen LogP contribution in [0, 0.1) is 11.8 Å². The number of aliphatic imine (C=N–C) groups is 2. The summed E-state index contributed by atoms with van der Waals surface area (Å²) in [5.74, 6) is -0.154. The molecule has 0 saturated heterocycles. The first-order chi connectivity index (χ1) is 23.4. The van der Waals surface area contributed by atoms with Crippen LogP contribution in [0.2, 0.25) is 0 Å². The number of phenols is 2. The molecule has 0 fully saturated rings. The Morgan fingerprint density at radius 2 is 0.980 bits per heavy atom. The van der Waals surface area contributed by atoms with Gasteiger partial charge in [0.1, 0.15) is 11.5 Å². The Morgan fingerprint density at radius 3 is 1.27 bits per heavy atom. The van der Waals surface area contributed by atoms with Crippen molar-refractivity contribution in [3.05, 3.63) is 94.0 Å². The van der Waals surface area contributed by atoms with Crippen molar-refractivity contribution < 1.29 is 46.8 Å². The quantitative estimate of drug-likeness (QED) is 0.158. The van der Waals surface area contributed by atoms with E-state index in [0.717, 1.165) is 71.1 Å². The summed E-state index contributed by atoms with van der Waals surface area (Å²) in [7, 11) is 0. The molecule has 4 aromatic carbocycles. The van der Waals surface area contributed by atoms with Crippen LogP contribution >= 0.6 is 0 Å². The maximum atomic E-state index is 11.1. The molecule has 0 atom stereocenters. The molecule has 51 heavy (non-hydrogen) atoms. The summed E-state index contributed by atoms with van der Waals surface area (Å²) in [6, 6.07) is 20.4. The van der Waals surface area contributed by atoms with Crippen LogP contribution in [-0.4, -0.2) is 34.6 Å². The fourth-order valence-electron chi connectivity index (χ4n) is 5.54. The Morgan fingerprint density at radius 1 is 0.647 bits per heavy atom. The fraction of sp³-hybridized carbons (Fsp3) is 0.381. The van der Waals surface area contributed by atoms with Gasteiger partial charge in [0.15, 0.2) is 0 Å². The number of carboxylic acid groups (broad SMARTS) is 2. The van der Waals surface area contributed by atoms with E-state index in [1.165, 1.54) is 11.1 Å². The van der Waals surface area contributed by atoms with E-state index in [4.69, 9.17) is 29.8 Å². The molecule has 0 spiro atoms. The number of hydrogen-bond acceptors (Lipinski definition) is 8. The van der Waals surface area contributed by atoms with Crippen molar-refractivity contribution in [2.75, 3.05) is 0 Å². The number of fused-ring (bicyclic) bond motifs is 1. The SMILES string of the molecule is CC(=O)[O-].CC(=O)[O-].CC(C)Cc1cc(C=Nc2cccc3cccc(N=Cc4cc(CC(C)C)cc(C(C)C)c4O)c23)c(O)c(C(C)C)c1.[Co+2]. The van der Waals surface area contributed by atoms with E-state index in [2.05, 4.69) is 79.7 Å². The van der Waals surface area contributed by atoms with Crippen LogP contribution < -0.4 is 10.2 Å². The number of carbonyl (C=O) groups excluding carboxylic acids is 2. The summed E-state index contributed by atoms with van der Waals surface area (Å²) in [6.45, 7) is 19.2. The van der Waals surface area contributed by atoms with Crippen molar-refractivity contribution in [1.29, 1.82) is 0 Å². The molecule has 0 amide bonds. The molecule has 0 aliphatic heterocycles. The smallest absolute Gasteiger partial charge is 0.550 e. The Hall–Kier alpha value is -4.47. The molecule has 8 nitrogen and oxygen atoms in total. The van der Waals surface area contributed by atoms with Gasteiger partial charge in [-0.05, 0) is 102 Å². The first-order valence-corrected chi connectivity index (χ1v) is 17.1. The van der Waals surface area contributed by atoms with Crippen LogP contribution in [0.25, 0.3) is 10.8 Å². The van der Waals surface area contributed by atoms with E-state index in [1.807, 2.05) is 36.4 Å². The average Bonchev–Trinajstić information content (AvgIpc) is 2.99. The monoisotopic (exact) mass is 739 g/mol. The van der Waals surface area contributed by atoms with Gasteiger partial charge in [-0.3, -0.25) is 9.98 Å². The largest absolute Gasteiger partial charge is 2.00 e. The van der Waals surface area contributed by atoms with Gasteiger partial charge in [0.25, 0.3) is 0 Å². The third-order valence-electron chi connectivity index (χ3n) is 7.54. The molecular formula is C42H52CoN2O6. The number of hydrogen-bond donors (Lipinski definition) is 2. The first kappa shape index (κ1) is 44.5. The predicted octanol–water partition coefficient (Wildman–Crippen LogP) is 7.91. The Labute approximate surface area is 313 Å². The zero-order valence-electron chi connectivity index (χ0n) is 31.4. The van der Waals surface area contributed by atoms with Gasteiger partial charge >= 0.3 is 16.8 Å². The second-order valence-corrected chi connectivity index (χ2v) is 13.9. The van der Waals surface area contributed by atoms with Gasteiger partial charge in [-0.25, -0.2) is 0 Å². The molecule has 0 aliphatic carbocycles. The van der Waals surface area contributed by atoms with Crippen LogP contribution in [-0.2, 0) is 39.2 Å². The van der Waals surface area contributed by atoms with Gasteiger partial charge in [0.05, 0.1) is 11.4 Å². The van der Waals surface area contributed by atoms with Crippen molar-refractivity contribution in [2.24, 2.45) is 21.8 Å². The second kappa shape index (κ2) is 21.0. The molecule has 9 heteroatoms. The molecule has 0 aliphatic rings. The molecule has 0 bridgehead atoms. The zero-order chi connectivity index (χ0) is 37.7. The van der Waals surface area contributed by atoms with Gasteiger partial charge < -0.3 is 30.0 Å². The maximum Gasteiger partial charge on any atom is 2.00 e.